The van der Waals surface area contributed by atoms with E-state index in [1.165, 1.54) is 32.1 Å². The van der Waals surface area contributed by atoms with E-state index in [0.717, 1.165) is 28.4 Å². The van der Waals surface area contributed by atoms with Crippen molar-refractivity contribution < 1.29 is 0 Å². The third kappa shape index (κ3) is 2.52. The molecule has 3 heterocycles. The van der Waals surface area contributed by atoms with Crippen LogP contribution in [0, 0.1) is 0 Å². The van der Waals surface area contributed by atoms with Crippen molar-refractivity contribution in [2.45, 2.75) is 38.1 Å². The van der Waals surface area contributed by atoms with Crippen molar-refractivity contribution in [1.82, 2.24) is 24.9 Å². The minimum absolute atomic E-state index is 0.480. The van der Waals surface area contributed by atoms with Crippen molar-refractivity contribution in [3.8, 4) is 11.4 Å². The van der Waals surface area contributed by atoms with Gasteiger partial charge >= 0.3 is 0 Å². The van der Waals surface area contributed by atoms with Crippen LogP contribution in [0.15, 0.2) is 30.9 Å². The Morgan fingerprint density at radius 2 is 1.91 bits per heavy atom. The summed E-state index contributed by atoms with van der Waals surface area (Å²) in [5, 5.41) is 3.54. The molecule has 1 aliphatic rings. The molecule has 0 radical (unpaired) electrons. The van der Waals surface area contributed by atoms with E-state index in [1.807, 2.05) is 12.3 Å². The van der Waals surface area contributed by atoms with E-state index in [1.54, 1.807) is 18.6 Å². The van der Waals surface area contributed by atoms with Gasteiger partial charge < -0.3 is 10.3 Å². The molecule has 6 heteroatoms. The molecule has 0 saturated heterocycles. The van der Waals surface area contributed by atoms with Gasteiger partial charge in [-0.3, -0.25) is 0 Å². The summed E-state index contributed by atoms with van der Waals surface area (Å²) >= 11 is 0. The van der Waals surface area contributed by atoms with E-state index in [0.29, 0.717) is 6.04 Å². The number of hydrogen-bond donors (Lipinski definition) is 2. The number of aromatic amines is 1. The van der Waals surface area contributed by atoms with E-state index in [9.17, 15) is 0 Å². The van der Waals surface area contributed by atoms with E-state index in [4.69, 9.17) is 0 Å². The van der Waals surface area contributed by atoms with E-state index in [-0.39, 0.29) is 0 Å². The predicted octanol–water partition coefficient (Wildman–Crippen LogP) is 3.16. The first-order valence-corrected chi connectivity index (χ1v) is 7.78. The number of aromatic nitrogens is 5. The molecule has 0 atom stereocenters. The van der Waals surface area contributed by atoms with Crippen molar-refractivity contribution in [3.05, 3.63) is 30.9 Å². The van der Waals surface area contributed by atoms with Crippen molar-refractivity contribution in [2.24, 2.45) is 0 Å². The van der Waals surface area contributed by atoms with Gasteiger partial charge in [0.2, 0.25) is 0 Å². The average molecular weight is 294 g/mol. The van der Waals surface area contributed by atoms with Gasteiger partial charge in [-0.15, -0.1) is 0 Å². The van der Waals surface area contributed by atoms with Crippen LogP contribution in [0.2, 0.25) is 0 Å². The summed E-state index contributed by atoms with van der Waals surface area (Å²) in [5.74, 6) is 0.804. The number of rotatable bonds is 3. The Hall–Kier alpha value is -2.50. The van der Waals surface area contributed by atoms with Crippen molar-refractivity contribution in [2.75, 3.05) is 5.32 Å². The monoisotopic (exact) mass is 294 g/mol. The Balaban J connectivity index is 1.68. The molecule has 3 aromatic heterocycles. The molecule has 0 unspecified atom stereocenters. The number of anilines is 1. The predicted molar refractivity (Wildman–Crippen MR) is 85.4 cm³/mol. The zero-order valence-corrected chi connectivity index (χ0v) is 12.3. The van der Waals surface area contributed by atoms with Gasteiger partial charge in [0.25, 0.3) is 0 Å². The van der Waals surface area contributed by atoms with Crippen LogP contribution in [-0.2, 0) is 0 Å². The van der Waals surface area contributed by atoms with Crippen LogP contribution in [0.4, 0.5) is 5.82 Å². The number of nitrogens with zero attached hydrogens (tertiary/aromatic N) is 4. The first-order valence-electron chi connectivity index (χ1n) is 7.78. The zero-order chi connectivity index (χ0) is 14.8. The van der Waals surface area contributed by atoms with Gasteiger partial charge in [-0.2, -0.15) is 0 Å². The Morgan fingerprint density at radius 3 is 2.82 bits per heavy atom. The lowest BCUT2D eigenvalue weighted by Gasteiger charge is -2.23. The summed E-state index contributed by atoms with van der Waals surface area (Å²) in [7, 11) is 0. The maximum atomic E-state index is 4.62. The molecule has 0 aromatic carbocycles. The SMILES string of the molecule is c1cnc(-c2cnc3[nH]ccc3n2)c(NC2CCCCC2)n1. The van der Waals surface area contributed by atoms with Crippen LogP contribution in [0.5, 0.6) is 0 Å². The Kier molecular flexibility index (Phi) is 3.42. The second kappa shape index (κ2) is 5.71. The fourth-order valence-electron chi connectivity index (χ4n) is 3.02. The first-order chi connectivity index (χ1) is 10.9. The Bertz CT molecular complexity index is 775. The maximum absolute atomic E-state index is 4.62. The topological polar surface area (TPSA) is 79.4 Å². The number of hydrogen-bond acceptors (Lipinski definition) is 5. The molecule has 1 aliphatic carbocycles. The highest BCUT2D eigenvalue weighted by Crippen LogP contribution is 2.26. The third-order valence-corrected chi connectivity index (χ3v) is 4.15. The van der Waals surface area contributed by atoms with Crippen molar-refractivity contribution in [3.63, 3.8) is 0 Å². The van der Waals surface area contributed by atoms with Gasteiger partial charge in [0, 0.05) is 24.6 Å². The summed E-state index contributed by atoms with van der Waals surface area (Å²) in [6, 6.07) is 2.39. The summed E-state index contributed by atoms with van der Waals surface area (Å²) < 4.78 is 0. The summed E-state index contributed by atoms with van der Waals surface area (Å²) in [4.78, 5) is 21.0. The smallest absolute Gasteiger partial charge is 0.156 e. The fraction of sp³-hybridized carbons (Fsp3) is 0.375. The van der Waals surface area contributed by atoms with Crippen LogP contribution in [0.3, 0.4) is 0 Å². The number of H-pyrrole nitrogens is 1. The molecule has 1 fully saturated rings. The molecule has 6 nitrogen and oxygen atoms in total. The molecule has 4 rings (SSSR count). The standard InChI is InChI=1S/C16H18N6/c1-2-4-11(5-3-1)21-16-14(17-8-9-19-16)13-10-20-15-12(22-13)6-7-18-15/h6-11H,1-5H2,(H,18,20)(H,19,21). The summed E-state index contributed by atoms with van der Waals surface area (Å²) in [5.41, 5.74) is 3.14. The van der Waals surface area contributed by atoms with Crippen LogP contribution in [0.1, 0.15) is 32.1 Å². The molecule has 1 saturated carbocycles. The second-order valence-electron chi connectivity index (χ2n) is 5.70. The molecule has 0 aliphatic heterocycles. The number of nitrogens with one attached hydrogen (secondary N) is 2. The molecule has 3 aromatic rings. The molecule has 2 N–H and O–H groups in total. The van der Waals surface area contributed by atoms with Crippen LogP contribution in [-0.4, -0.2) is 31.0 Å². The highest BCUT2D eigenvalue weighted by atomic mass is 15.0. The molecule has 0 bridgehead atoms. The second-order valence-corrected chi connectivity index (χ2v) is 5.70. The fourth-order valence-corrected chi connectivity index (χ4v) is 3.02. The molecule has 22 heavy (non-hydrogen) atoms. The van der Waals surface area contributed by atoms with Crippen LogP contribution < -0.4 is 5.32 Å². The van der Waals surface area contributed by atoms with Gasteiger partial charge in [0.15, 0.2) is 11.5 Å². The minimum atomic E-state index is 0.480. The Morgan fingerprint density at radius 1 is 1.05 bits per heavy atom. The normalized spacial score (nSPS) is 16.0. The minimum Gasteiger partial charge on any atom is -0.365 e. The lowest BCUT2D eigenvalue weighted by molar-refractivity contribution is 0.462. The van der Waals surface area contributed by atoms with Crippen molar-refractivity contribution in [1.29, 1.82) is 0 Å². The third-order valence-electron chi connectivity index (χ3n) is 4.15. The van der Waals surface area contributed by atoms with Crippen LogP contribution in [0.25, 0.3) is 22.6 Å². The quantitative estimate of drug-likeness (QED) is 0.775. The summed E-state index contributed by atoms with van der Waals surface area (Å²) in [6.45, 7) is 0. The van der Waals surface area contributed by atoms with Gasteiger partial charge in [0.05, 0.1) is 6.20 Å². The highest BCUT2D eigenvalue weighted by molar-refractivity contribution is 5.76. The average Bonchev–Trinajstić information content (AvgIpc) is 3.04. The summed E-state index contributed by atoms with van der Waals surface area (Å²) in [6.07, 6.45) is 13.3. The van der Waals surface area contributed by atoms with Crippen LogP contribution >= 0.6 is 0 Å². The zero-order valence-electron chi connectivity index (χ0n) is 12.3. The molecular weight excluding hydrogens is 276 g/mol. The molecular formula is C16H18N6. The largest absolute Gasteiger partial charge is 0.365 e. The van der Waals surface area contributed by atoms with Gasteiger partial charge in [0.1, 0.15) is 16.9 Å². The molecule has 112 valence electrons. The Labute approximate surface area is 128 Å². The lowest BCUT2D eigenvalue weighted by atomic mass is 9.95. The first kappa shape index (κ1) is 13.2. The maximum Gasteiger partial charge on any atom is 0.156 e. The van der Waals surface area contributed by atoms with Gasteiger partial charge in [-0.25, -0.2) is 19.9 Å². The molecule has 0 spiro atoms. The lowest BCUT2D eigenvalue weighted by Crippen LogP contribution is -2.23. The van der Waals surface area contributed by atoms with E-state index in [2.05, 4.69) is 30.2 Å². The van der Waals surface area contributed by atoms with E-state index >= 15 is 0 Å². The molecule has 0 amide bonds. The van der Waals surface area contributed by atoms with Gasteiger partial charge in [-0.1, -0.05) is 19.3 Å². The van der Waals surface area contributed by atoms with Gasteiger partial charge in [-0.05, 0) is 18.9 Å². The number of fused-ring (bicyclic) bond motifs is 1. The van der Waals surface area contributed by atoms with E-state index < -0.39 is 0 Å². The highest BCUT2D eigenvalue weighted by Gasteiger charge is 2.17. The van der Waals surface area contributed by atoms with Crippen molar-refractivity contribution >= 4 is 17.0 Å².